The van der Waals surface area contributed by atoms with Crippen molar-refractivity contribution < 1.29 is 39.2 Å². The van der Waals surface area contributed by atoms with Gasteiger partial charge >= 0.3 is 5.97 Å². The maximum atomic E-state index is 12.8. The Hall–Kier alpha value is -3.47. The normalized spacial score (nSPS) is 31.4. The summed E-state index contributed by atoms with van der Waals surface area (Å²) in [5, 5.41) is 36.6. The number of carbonyl (C=O) groups is 2. The van der Waals surface area contributed by atoms with Crippen molar-refractivity contribution in [3.8, 4) is 0 Å². The molecule has 0 bridgehead atoms. The van der Waals surface area contributed by atoms with E-state index in [-0.39, 0.29) is 24.0 Å². The molecular formula is C23H28N2O8. The molecule has 1 fully saturated rings. The number of carbonyl (C=O) groups excluding carboxylic acids is 2. The molecule has 33 heavy (non-hydrogen) atoms. The maximum absolute atomic E-state index is 12.8. The second kappa shape index (κ2) is 12.5. The summed E-state index contributed by atoms with van der Waals surface area (Å²) in [5.41, 5.74) is -0.0165. The molecule has 2 heterocycles. The van der Waals surface area contributed by atoms with Crippen molar-refractivity contribution in [1.29, 1.82) is 0 Å². The zero-order valence-corrected chi connectivity index (χ0v) is 18.2. The molecule has 1 amide bonds. The van der Waals surface area contributed by atoms with Crippen molar-refractivity contribution in [2.75, 3.05) is 7.11 Å². The standard InChI is InChI=1S/C23H28N2O8/c1-4-15-9-10-17(27)21-22(33-21)18(28)13-16(32-23(30)20(15)14(2)26)7-5-11-24-19(29)8-6-12-25-31-3/h4-6,8-12,16-18,21-22,26-28H,1-2,7,13H2,3H3,(H,24,29)/b8-6+,10-9+,11-5+,20-15-,25-12+. The molecule has 0 radical (unpaired) electrons. The van der Waals surface area contributed by atoms with Crippen molar-refractivity contribution in [1.82, 2.24) is 5.32 Å². The van der Waals surface area contributed by atoms with E-state index in [2.05, 4.69) is 28.5 Å². The van der Waals surface area contributed by atoms with Crippen LogP contribution in [-0.4, -0.2) is 71.0 Å². The molecule has 2 rings (SSSR count). The number of cyclic esters (lactones) is 1. The van der Waals surface area contributed by atoms with E-state index < -0.39 is 48.2 Å². The largest absolute Gasteiger partial charge is 0.508 e. The number of fused-ring (bicyclic) bond motifs is 1. The lowest BCUT2D eigenvalue weighted by Crippen LogP contribution is -2.30. The van der Waals surface area contributed by atoms with E-state index in [1.54, 1.807) is 6.08 Å². The Balaban J connectivity index is 2.15. The third-order valence-electron chi connectivity index (χ3n) is 4.77. The van der Waals surface area contributed by atoms with Crippen LogP contribution >= 0.6 is 0 Å². The quantitative estimate of drug-likeness (QED) is 0.105. The van der Waals surface area contributed by atoms with E-state index in [4.69, 9.17) is 9.47 Å². The van der Waals surface area contributed by atoms with Gasteiger partial charge in [-0.3, -0.25) is 4.79 Å². The lowest BCUT2D eigenvalue weighted by atomic mass is 10.00. The number of nitrogens with one attached hydrogen (secondary N) is 1. The van der Waals surface area contributed by atoms with E-state index in [0.29, 0.717) is 0 Å². The average Bonchev–Trinajstić information content (AvgIpc) is 3.57. The fraction of sp³-hybridized carbons (Fsp3) is 0.348. The second-order valence-electron chi connectivity index (χ2n) is 7.17. The summed E-state index contributed by atoms with van der Waals surface area (Å²) in [6, 6.07) is 0. The topological polar surface area (TPSA) is 150 Å². The third kappa shape index (κ3) is 7.86. The molecule has 0 saturated carbocycles. The van der Waals surface area contributed by atoms with Crippen molar-refractivity contribution >= 4 is 18.1 Å². The average molecular weight is 460 g/mol. The molecule has 0 aliphatic carbocycles. The van der Waals surface area contributed by atoms with Crippen molar-refractivity contribution in [3.05, 3.63) is 72.7 Å². The lowest BCUT2D eigenvalue weighted by Gasteiger charge is -2.21. The van der Waals surface area contributed by atoms with Crippen LogP contribution in [0.4, 0.5) is 0 Å². The summed E-state index contributed by atoms with van der Waals surface area (Å²) < 4.78 is 10.9. The predicted octanol–water partition coefficient (Wildman–Crippen LogP) is 1.11. The first-order valence-corrected chi connectivity index (χ1v) is 10.1. The number of amides is 1. The Bertz CT molecular complexity index is 902. The SMILES string of the molecule is C=CC1=C(\C(=C)O)C(=O)OC(C/C=C/NC(=O)/C=C/C=N/OC)CC(O)C2OC2C(O)\C=C\1. The van der Waals surface area contributed by atoms with Gasteiger partial charge in [-0.25, -0.2) is 4.79 Å². The number of ether oxygens (including phenoxy) is 2. The molecule has 0 spiro atoms. The third-order valence-corrected chi connectivity index (χ3v) is 4.77. The van der Waals surface area contributed by atoms with Gasteiger partial charge in [0.1, 0.15) is 42.9 Å². The molecule has 178 valence electrons. The van der Waals surface area contributed by atoms with E-state index in [9.17, 15) is 24.9 Å². The first-order valence-electron chi connectivity index (χ1n) is 10.1. The minimum atomic E-state index is -1.03. The molecular weight excluding hydrogens is 432 g/mol. The molecule has 10 nitrogen and oxygen atoms in total. The van der Waals surface area contributed by atoms with E-state index in [1.165, 1.54) is 49.9 Å². The van der Waals surface area contributed by atoms with Gasteiger partial charge in [-0.15, -0.1) is 0 Å². The molecule has 4 N–H and O–H groups in total. The molecule has 2 aliphatic heterocycles. The highest BCUT2D eigenvalue weighted by atomic mass is 16.6. The van der Waals surface area contributed by atoms with E-state index in [1.807, 2.05) is 0 Å². The summed E-state index contributed by atoms with van der Waals surface area (Å²) in [6.45, 7) is 7.02. The number of epoxide rings is 1. The number of aliphatic hydroxyl groups is 3. The smallest absolute Gasteiger partial charge is 0.342 e. The minimum absolute atomic E-state index is 0.00359. The first-order chi connectivity index (χ1) is 15.8. The van der Waals surface area contributed by atoms with Gasteiger partial charge in [-0.1, -0.05) is 42.6 Å². The first kappa shape index (κ1) is 25.8. The highest BCUT2D eigenvalue weighted by molar-refractivity contribution is 5.94. The second-order valence-corrected chi connectivity index (χ2v) is 7.17. The Labute approximate surface area is 191 Å². The number of hydrogen-bond acceptors (Lipinski definition) is 9. The molecule has 5 atom stereocenters. The molecule has 0 aromatic rings. The van der Waals surface area contributed by atoms with Gasteiger partial charge in [-0.2, -0.15) is 0 Å². The molecule has 0 aromatic carbocycles. The Kier molecular flexibility index (Phi) is 9.80. The maximum Gasteiger partial charge on any atom is 0.342 e. The summed E-state index contributed by atoms with van der Waals surface area (Å²) in [4.78, 5) is 28.9. The van der Waals surface area contributed by atoms with Crippen LogP contribution in [0.15, 0.2) is 77.9 Å². The molecule has 5 unspecified atom stereocenters. The molecule has 2 aliphatic rings. The van der Waals surface area contributed by atoms with E-state index >= 15 is 0 Å². The van der Waals surface area contributed by atoms with Crippen molar-refractivity contribution in [2.24, 2.45) is 5.16 Å². The minimum Gasteiger partial charge on any atom is -0.508 e. The number of hydrogen-bond donors (Lipinski definition) is 4. The number of aliphatic hydroxyl groups excluding tert-OH is 3. The summed E-state index contributed by atoms with van der Waals surface area (Å²) >= 11 is 0. The molecule has 10 heteroatoms. The highest BCUT2D eigenvalue weighted by Crippen LogP contribution is 2.33. The predicted molar refractivity (Wildman–Crippen MR) is 120 cm³/mol. The zero-order chi connectivity index (χ0) is 24.4. The fourth-order valence-corrected chi connectivity index (χ4v) is 3.13. The summed E-state index contributed by atoms with van der Waals surface area (Å²) in [5.74, 6) is -1.82. The summed E-state index contributed by atoms with van der Waals surface area (Å²) in [6.07, 6.45) is 7.00. The van der Waals surface area contributed by atoms with Gasteiger partial charge in [0.25, 0.3) is 0 Å². The van der Waals surface area contributed by atoms with Crippen LogP contribution in [0.2, 0.25) is 0 Å². The monoisotopic (exact) mass is 460 g/mol. The van der Waals surface area contributed by atoms with Crippen LogP contribution in [-0.2, 0) is 23.9 Å². The van der Waals surface area contributed by atoms with Gasteiger partial charge in [0.15, 0.2) is 0 Å². The van der Waals surface area contributed by atoms with Crippen LogP contribution in [0, 0.1) is 0 Å². The van der Waals surface area contributed by atoms with E-state index in [0.717, 1.165) is 0 Å². The number of rotatable bonds is 8. The Morgan fingerprint density at radius 3 is 2.82 bits per heavy atom. The number of allylic oxidation sites excluding steroid dienone is 4. The number of esters is 1. The van der Waals surface area contributed by atoms with Crippen LogP contribution in [0.5, 0.6) is 0 Å². The number of nitrogens with zero attached hydrogens (tertiary/aromatic N) is 1. The van der Waals surface area contributed by atoms with Crippen LogP contribution in [0.3, 0.4) is 0 Å². The Morgan fingerprint density at radius 1 is 1.39 bits per heavy atom. The number of oxime groups is 1. The van der Waals surface area contributed by atoms with Crippen LogP contribution in [0.1, 0.15) is 12.8 Å². The van der Waals surface area contributed by atoms with Crippen LogP contribution in [0.25, 0.3) is 0 Å². The van der Waals surface area contributed by atoms with Gasteiger partial charge in [0.05, 0.1) is 12.3 Å². The van der Waals surface area contributed by atoms with Crippen LogP contribution < -0.4 is 5.32 Å². The van der Waals surface area contributed by atoms with Gasteiger partial charge < -0.3 is 34.9 Å². The molecule has 1 saturated heterocycles. The molecule has 0 aromatic heterocycles. The van der Waals surface area contributed by atoms with Gasteiger partial charge in [-0.05, 0) is 11.6 Å². The lowest BCUT2D eigenvalue weighted by molar-refractivity contribution is -0.145. The Morgan fingerprint density at radius 2 is 2.15 bits per heavy atom. The fourth-order valence-electron chi connectivity index (χ4n) is 3.13. The van der Waals surface area contributed by atoms with Crippen molar-refractivity contribution in [3.63, 3.8) is 0 Å². The van der Waals surface area contributed by atoms with Gasteiger partial charge in [0, 0.05) is 25.1 Å². The van der Waals surface area contributed by atoms with Gasteiger partial charge in [0.2, 0.25) is 5.91 Å². The summed E-state index contributed by atoms with van der Waals surface area (Å²) in [7, 11) is 1.38. The zero-order valence-electron chi connectivity index (χ0n) is 18.2. The van der Waals surface area contributed by atoms with Crippen molar-refractivity contribution in [2.45, 2.75) is 43.4 Å². The highest BCUT2D eigenvalue weighted by Gasteiger charge is 2.48.